The molecule has 0 unspecified atom stereocenters. The zero-order valence-electron chi connectivity index (χ0n) is 17.1. The normalized spacial score (nSPS) is 16.8. The zero-order chi connectivity index (χ0) is 20.2. The standard InChI is InChI=1S/C21H27N5O2/c1-13(2)10-26-19(27)17-18(23(5)21(26)28)22-20-24(11-14(3)12-25(17)20)16-9-7-6-8-15(16)4/h6-9,13-14H,10-12H2,1-5H3/t14-/m0/s1. The first kappa shape index (κ1) is 18.5. The van der Waals surface area contributed by atoms with Crippen LogP contribution < -0.4 is 16.1 Å². The predicted molar refractivity (Wildman–Crippen MR) is 111 cm³/mol. The molecule has 2 aromatic heterocycles. The van der Waals surface area contributed by atoms with Gasteiger partial charge in [-0.1, -0.05) is 39.0 Å². The fourth-order valence-electron chi connectivity index (χ4n) is 4.10. The van der Waals surface area contributed by atoms with Crippen LogP contribution in [0.3, 0.4) is 0 Å². The molecule has 7 heteroatoms. The fourth-order valence-corrected chi connectivity index (χ4v) is 4.10. The maximum Gasteiger partial charge on any atom is 0.332 e. The molecule has 4 rings (SSSR count). The molecule has 0 amide bonds. The Bertz CT molecular complexity index is 1170. The van der Waals surface area contributed by atoms with E-state index >= 15 is 0 Å². The average molecular weight is 381 g/mol. The lowest BCUT2D eigenvalue weighted by Gasteiger charge is -2.33. The molecule has 0 N–H and O–H groups in total. The van der Waals surface area contributed by atoms with Crippen molar-refractivity contribution in [2.45, 2.75) is 40.8 Å². The van der Waals surface area contributed by atoms with E-state index < -0.39 is 0 Å². The summed E-state index contributed by atoms with van der Waals surface area (Å²) in [7, 11) is 1.70. The average Bonchev–Trinajstić information content (AvgIpc) is 3.02. The highest BCUT2D eigenvalue weighted by Gasteiger charge is 2.30. The molecule has 0 fully saturated rings. The van der Waals surface area contributed by atoms with Crippen molar-refractivity contribution >= 4 is 22.8 Å². The zero-order valence-corrected chi connectivity index (χ0v) is 17.1. The Morgan fingerprint density at radius 1 is 1.18 bits per heavy atom. The van der Waals surface area contributed by atoms with Crippen LogP contribution in [0.2, 0.25) is 0 Å². The van der Waals surface area contributed by atoms with Crippen molar-refractivity contribution in [3.63, 3.8) is 0 Å². The number of imidazole rings is 1. The maximum atomic E-state index is 13.3. The van der Waals surface area contributed by atoms with E-state index in [0.717, 1.165) is 23.7 Å². The van der Waals surface area contributed by atoms with Crippen molar-refractivity contribution in [3.05, 3.63) is 50.7 Å². The molecule has 1 atom stereocenters. The van der Waals surface area contributed by atoms with Crippen LogP contribution in [0.15, 0.2) is 33.9 Å². The van der Waals surface area contributed by atoms with E-state index in [4.69, 9.17) is 4.98 Å². The molecule has 3 heterocycles. The molecule has 0 aliphatic carbocycles. The van der Waals surface area contributed by atoms with Crippen molar-refractivity contribution in [1.82, 2.24) is 18.7 Å². The van der Waals surface area contributed by atoms with Gasteiger partial charge >= 0.3 is 5.69 Å². The third-order valence-corrected chi connectivity index (χ3v) is 5.40. The van der Waals surface area contributed by atoms with E-state index in [2.05, 4.69) is 30.9 Å². The monoisotopic (exact) mass is 381 g/mol. The largest absolute Gasteiger partial charge is 0.332 e. The Hall–Kier alpha value is -2.83. The van der Waals surface area contributed by atoms with E-state index in [1.807, 2.05) is 30.5 Å². The number of aromatic nitrogens is 4. The van der Waals surface area contributed by atoms with Crippen LogP contribution >= 0.6 is 0 Å². The van der Waals surface area contributed by atoms with Crippen molar-refractivity contribution in [1.29, 1.82) is 0 Å². The molecule has 0 saturated carbocycles. The fraction of sp³-hybridized carbons (Fsp3) is 0.476. The van der Waals surface area contributed by atoms with Crippen LogP contribution in [0.1, 0.15) is 26.3 Å². The molecule has 1 aliphatic rings. The molecule has 1 aliphatic heterocycles. The van der Waals surface area contributed by atoms with Gasteiger partial charge in [-0.3, -0.25) is 13.9 Å². The first-order chi connectivity index (χ1) is 13.3. The first-order valence-corrected chi connectivity index (χ1v) is 9.82. The van der Waals surface area contributed by atoms with Gasteiger partial charge in [-0.15, -0.1) is 0 Å². The number of hydrogen-bond donors (Lipinski definition) is 0. The van der Waals surface area contributed by atoms with Crippen molar-refractivity contribution < 1.29 is 0 Å². The van der Waals surface area contributed by atoms with Crippen LogP contribution in [0.5, 0.6) is 0 Å². The summed E-state index contributed by atoms with van der Waals surface area (Å²) in [6.07, 6.45) is 0. The van der Waals surface area contributed by atoms with Crippen LogP contribution in [0.4, 0.5) is 11.6 Å². The third kappa shape index (κ3) is 2.77. The number of fused-ring (bicyclic) bond motifs is 3. The second-order valence-electron chi connectivity index (χ2n) is 8.35. The van der Waals surface area contributed by atoms with E-state index in [1.54, 1.807) is 7.05 Å². The van der Waals surface area contributed by atoms with Gasteiger partial charge in [-0.05, 0) is 30.4 Å². The second kappa shape index (κ2) is 6.65. The number of rotatable bonds is 3. The minimum atomic E-state index is -0.308. The molecule has 0 spiro atoms. The van der Waals surface area contributed by atoms with Gasteiger partial charge in [0.1, 0.15) is 0 Å². The number of para-hydroxylation sites is 1. The van der Waals surface area contributed by atoms with Gasteiger partial charge < -0.3 is 9.47 Å². The number of benzene rings is 1. The summed E-state index contributed by atoms with van der Waals surface area (Å²) in [6, 6.07) is 8.18. The van der Waals surface area contributed by atoms with Gasteiger partial charge in [0.15, 0.2) is 11.2 Å². The minimum absolute atomic E-state index is 0.203. The molecule has 3 aromatic rings. The van der Waals surface area contributed by atoms with Gasteiger partial charge in [0.2, 0.25) is 5.95 Å². The lowest BCUT2D eigenvalue weighted by molar-refractivity contribution is 0.454. The number of anilines is 2. The van der Waals surface area contributed by atoms with Gasteiger partial charge in [0.05, 0.1) is 0 Å². The smallest absolute Gasteiger partial charge is 0.311 e. The summed E-state index contributed by atoms with van der Waals surface area (Å²) in [4.78, 5) is 33.0. The maximum absolute atomic E-state index is 13.3. The molecular formula is C21H27N5O2. The number of nitrogens with zero attached hydrogens (tertiary/aromatic N) is 5. The second-order valence-corrected chi connectivity index (χ2v) is 8.35. The van der Waals surface area contributed by atoms with E-state index in [9.17, 15) is 9.59 Å². The quantitative estimate of drug-likeness (QED) is 0.700. The highest BCUT2D eigenvalue weighted by molar-refractivity contribution is 5.77. The van der Waals surface area contributed by atoms with E-state index in [1.165, 1.54) is 9.13 Å². The van der Waals surface area contributed by atoms with E-state index in [-0.39, 0.29) is 17.2 Å². The van der Waals surface area contributed by atoms with Crippen molar-refractivity contribution in [2.75, 3.05) is 11.4 Å². The van der Waals surface area contributed by atoms with Gasteiger partial charge in [-0.2, -0.15) is 4.98 Å². The molecular weight excluding hydrogens is 354 g/mol. The van der Waals surface area contributed by atoms with Crippen LogP contribution in [-0.2, 0) is 20.1 Å². The van der Waals surface area contributed by atoms with Gasteiger partial charge in [-0.25, -0.2) is 4.79 Å². The Morgan fingerprint density at radius 3 is 2.57 bits per heavy atom. The van der Waals surface area contributed by atoms with E-state index in [0.29, 0.717) is 30.2 Å². The molecule has 28 heavy (non-hydrogen) atoms. The Labute approximate surface area is 163 Å². The predicted octanol–water partition coefficient (Wildman–Crippen LogP) is 2.65. The van der Waals surface area contributed by atoms with Crippen LogP contribution in [0, 0.1) is 18.8 Å². The molecule has 0 bridgehead atoms. The Morgan fingerprint density at radius 2 is 1.89 bits per heavy atom. The minimum Gasteiger partial charge on any atom is -0.311 e. The summed E-state index contributed by atoms with van der Waals surface area (Å²) in [6.45, 7) is 10.2. The van der Waals surface area contributed by atoms with Crippen LogP contribution in [-0.4, -0.2) is 25.2 Å². The highest BCUT2D eigenvalue weighted by atomic mass is 16.2. The lowest BCUT2D eigenvalue weighted by Crippen LogP contribution is -2.41. The van der Waals surface area contributed by atoms with Crippen molar-refractivity contribution in [3.8, 4) is 0 Å². The summed E-state index contributed by atoms with van der Waals surface area (Å²) in [5.74, 6) is 1.28. The molecule has 1 aromatic carbocycles. The van der Waals surface area contributed by atoms with Gasteiger partial charge in [0, 0.05) is 32.4 Å². The summed E-state index contributed by atoms with van der Waals surface area (Å²) < 4.78 is 4.85. The molecule has 0 saturated heterocycles. The first-order valence-electron chi connectivity index (χ1n) is 9.82. The van der Waals surface area contributed by atoms with Crippen molar-refractivity contribution in [2.24, 2.45) is 18.9 Å². The molecule has 148 valence electrons. The summed E-state index contributed by atoms with van der Waals surface area (Å²) >= 11 is 0. The lowest BCUT2D eigenvalue weighted by atomic mass is 10.1. The summed E-state index contributed by atoms with van der Waals surface area (Å²) in [5.41, 5.74) is 2.65. The number of aryl methyl sites for hydroxylation is 2. The summed E-state index contributed by atoms with van der Waals surface area (Å²) in [5, 5.41) is 0. The molecule has 7 nitrogen and oxygen atoms in total. The SMILES string of the molecule is Cc1ccccc1N1C[C@H](C)Cn2c1nc1c2c(=O)n(CC(C)C)c(=O)n1C. The Balaban J connectivity index is 2.02. The van der Waals surface area contributed by atoms with Gasteiger partial charge in [0.25, 0.3) is 5.56 Å². The Kier molecular flexibility index (Phi) is 4.40. The van der Waals surface area contributed by atoms with Crippen LogP contribution in [0.25, 0.3) is 11.2 Å². The third-order valence-electron chi connectivity index (χ3n) is 5.40. The topological polar surface area (TPSA) is 65.1 Å². The highest BCUT2D eigenvalue weighted by Crippen LogP contribution is 2.34. The molecule has 0 radical (unpaired) electrons. The number of hydrogen-bond acceptors (Lipinski definition) is 4.